The summed E-state index contributed by atoms with van der Waals surface area (Å²) in [5.74, 6) is -0.520. The first-order valence-corrected chi connectivity index (χ1v) is 5.67. The molecule has 0 N–H and O–H groups in total. The van der Waals surface area contributed by atoms with Crippen LogP contribution in [0.25, 0.3) is 11.0 Å². The summed E-state index contributed by atoms with van der Waals surface area (Å²) in [6, 6.07) is 3.29. The van der Waals surface area contributed by atoms with E-state index in [4.69, 9.17) is 27.9 Å². The molecule has 0 saturated carbocycles. The van der Waals surface area contributed by atoms with Crippen LogP contribution in [-0.4, -0.2) is 22.5 Å². The number of halogens is 3. The second-order valence-electron chi connectivity index (χ2n) is 3.21. The summed E-state index contributed by atoms with van der Waals surface area (Å²) in [6.45, 7) is 1.99. The SMILES string of the molecule is CCOC(=O)c1cnc2ccc(Cl)nc2c1Cl.Cl. The van der Waals surface area contributed by atoms with Crippen molar-refractivity contribution in [2.45, 2.75) is 6.92 Å². The predicted octanol–water partition coefficient (Wildman–Crippen LogP) is 3.54. The van der Waals surface area contributed by atoms with E-state index in [-0.39, 0.29) is 29.6 Å². The fourth-order valence-electron chi connectivity index (χ4n) is 1.36. The molecule has 0 saturated heterocycles. The van der Waals surface area contributed by atoms with Crippen LogP contribution in [0.5, 0.6) is 0 Å². The molecule has 2 rings (SSSR count). The van der Waals surface area contributed by atoms with E-state index in [1.807, 2.05) is 0 Å². The molecule has 0 aliphatic carbocycles. The summed E-state index contributed by atoms with van der Waals surface area (Å²) < 4.78 is 4.86. The molecule has 2 heterocycles. The van der Waals surface area contributed by atoms with Crippen molar-refractivity contribution in [3.05, 3.63) is 34.1 Å². The lowest BCUT2D eigenvalue weighted by molar-refractivity contribution is 0.0526. The minimum atomic E-state index is -0.520. The molecule has 0 amide bonds. The molecule has 7 heteroatoms. The number of rotatable bonds is 2. The van der Waals surface area contributed by atoms with E-state index in [1.165, 1.54) is 6.20 Å². The number of nitrogens with zero attached hydrogens (tertiary/aromatic N) is 2. The van der Waals surface area contributed by atoms with E-state index in [0.29, 0.717) is 16.2 Å². The maximum absolute atomic E-state index is 11.6. The maximum Gasteiger partial charge on any atom is 0.341 e. The normalized spacial score (nSPS) is 9.94. The monoisotopic (exact) mass is 306 g/mol. The summed E-state index contributed by atoms with van der Waals surface area (Å²) in [5, 5.41) is 0.498. The summed E-state index contributed by atoms with van der Waals surface area (Å²) in [5.41, 5.74) is 1.16. The van der Waals surface area contributed by atoms with Crippen LogP contribution in [0.15, 0.2) is 18.3 Å². The molecule has 0 fully saturated rings. The summed E-state index contributed by atoms with van der Waals surface area (Å²) in [4.78, 5) is 19.7. The molecular formula is C11H9Cl3N2O2. The van der Waals surface area contributed by atoms with E-state index in [2.05, 4.69) is 9.97 Å². The fourth-order valence-corrected chi connectivity index (χ4v) is 1.78. The van der Waals surface area contributed by atoms with E-state index < -0.39 is 5.97 Å². The number of hydrogen-bond acceptors (Lipinski definition) is 4. The Hall–Kier alpha value is -1.10. The van der Waals surface area contributed by atoms with Gasteiger partial charge in [0.25, 0.3) is 0 Å². The fraction of sp³-hybridized carbons (Fsp3) is 0.182. The van der Waals surface area contributed by atoms with Crippen LogP contribution in [0.2, 0.25) is 10.2 Å². The lowest BCUT2D eigenvalue weighted by atomic mass is 10.2. The highest BCUT2D eigenvalue weighted by Crippen LogP contribution is 2.25. The van der Waals surface area contributed by atoms with Gasteiger partial charge in [-0.15, -0.1) is 12.4 Å². The number of aromatic nitrogens is 2. The topological polar surface area (TPSA) is 52.1 Å². The Kier molecular flexibility index (Phi) is 5.14. The highest BCUT2D eigenvalue weighted by molar-refractivity contribution is 6.38. The van der Waals surface area contributed by atoms with Crippen molar-refractivity contribution in [1.82, 2.24) is 9.97 Å². The van der Waals surface area contributed by atoms with Crippen LogP contribution < -0.4 is 0 Å². The van der Waals surface area contributed by atoms with Crippen molar-refractivity contribution in [3.8, 4) is 0 Å². The Bertz CT molecular complexity index is 590. The number of fused-ring (bicyclic) bond motifs is 1. The Morgan fingerprint density at radius 3 is 2.78 bits per heavy atom. The molecule has 96 valence electrons. The zero-order valence-electron chi connectivity index (χ0n) is 9.31. The Morgan fingerprint density at radius 1 is 1.39 bits per heavy atom. The van der Waals surface area contributed by atoms with Crippen molar-refractivity contribution >= 4 is 52.6 Å². The standard InChI is InChI=1S/C11H8Cl2N2O2.ClH/c1-2-17-11(16)6-5-14-7-3-4-8(12)15-10(7)9(6)13;/h3-5H,2H2,1H3;1H. The number of hydrogen-bond donors (Lipinski definition) is 0. The van der Waals surface area contributed by atoms with Gasteiger partial charge in [-0.1, -0.05) is 23.2 Å². The molecule has 0 bridgehead atoms. The predicted molar refractivity (Wildman–Crippen MR) is 72.8 cm³/mol. The lowest BCUT2D eigenvalue weighted by Crippen LogP contribution is -2.06. The quantitative estimate of drug-likeness (QED) is 0.629. The molecule has 2 aromatic heterocycles. The molecule has 0 atom stereocenters. The average Bonchev–Trinajstić information content (AvgIpc) is 2.30. The number of esters is 1. The molecule has 0 unspecified atom stereocenters. The molecule has 18 heavy (non-hydrogen) atoms. The van der Waals surface area contributed by atoms with Crippen molar-refractivity contribution in [3.63, 3.8) is 0 Å². The first-order valence-electron chi connectivity index (χ1n) is 4.91. The molecule has 0 aliphatic heterocycles. The molecule has 0 aromatic carbocycles. The van der Waals surface area contributed by atoms with Gasteiger partial charge in [0.05, 0.1) is 22.7 Å². The largest absolute Gasteiger partial charge is 0.462 e. The van der Waals surface area contributed by atoms with Crippen molar-refractivity contribution in [2.24, 2.45) is 0 Å². The Labute approximate surface area is 120 Å². The van der Waals surface area contributed by atoms with Gasteiger partial charge in [0.2, 0.25) is 0 Å². The van der Waals surface area contributed by atoms with Crippen LogP contribution in [0, 0.1) is 0 Å². The van der Waals surface area contributed by atoms with Gasteiger partial charge < -0.3 is 4.74 Å². The number of carbonyl (C=O) groups is 1. The summed E-state index contributed by atoms with van der Waals surface area (Å²) in [7, 11) is 0. The summed E-state index contributed by atoms with van der Waals surface area (Å²) in [6.07, 6.45) is 1.37. The van der Waals surface area contributed by atoms with Gasteiger partial charge in [0, 0.05) is 6.20 Å². The number of carbonyl (C=O) groups excluding carboxylic acids is 1. The van der Waals surface area contributed by atoms with Gasteiger partial charge >= 0.3 is 5.97 Å². The smallest absolute Gasteiger partial charge is 0.341 e. The molecular weight excluding hydrogens is 298 g/mol. The second kappa shape index (κ2) is 6.18. The minimum absolute atomic E-state index is 0. The Morgan fingerprint density at radius 2 is 2.11 bits per heavy atom. The first-order chi connectivity index (χ1) is 8.13. The minimum Gasteiger partial charge on any atom is -0.462 e. The highest BCUT2D eigenvalue weighted by atomic mass is 35.5. The van der Waals surface area contributed by atoms with Gasteiger partial charge in [-0.3, -0.25) is 4.98 Å². The first kappa shape index (κ1) is 15.0. The molecule has 2 aromatic rings. The van der Waals surface area contributed by atoms with Crippen LogP contribution in [0.3, 0.4) is 0 Å². The van der Waals surface area contributed by atoms with Crippen LogP contribution in [0.1, 0.15) is 17.3 Å². The average molecular weight is 308 g/mol. The van der Waals surface area contributed by atoms with E-state index in [1.54, 1.807) is 19.1 Å². The molecule has 0 aliphatic rings. The van der Waals surface area contributed by atoms with E-state index in [9.17, 15) is 4.79 Å². The third kappa shape index (κ3) is 2.83. The van der Waals surface area contributed by atoms with Crippen LogP contribution in [-0.2, 0) is 4.74 Å². The molecule has 4 nitrogen and oxygen atoms in total. The third-order valence-corrected chi connectivity index (χ3v) is 2.71. The van der Waals surface area contributed by atoms with Crippen molar-refractivity contribution in [2.75, 3.05) is 6.61 Å². The van der Waals surface area contributed by atoms with Gasteiger partial charge in [0.1, 0.15) is 10.7 Å². The van der Waals surface area contributed by atoms with E-state index >= 15 is 0 Å². The van der Waals surface area contributed by atoms with Gasteiger partial charge in [0.15, 0.2) is 0 Å². The zero-order valence-corrected chi connectivity index (χ0v) is 11.6. The summed E-state index contributed by atoms with van der Waals surface area (Å²) >= 11 is 11.9. The maximum atomic E-state index is 11.6. The molecule has 0 radical (unpaired) electrons. The number of pyridine rings is 2. The van der Waals surface area contributed by atoms with Gasteiger partial charge in [-0.25, -0.2) is 9.78 Å². The van der Waals surface area contributed by atoms with E-state index in [0.717, 1.165) is 0 Å². The Balaban J connectivity index is 0.00000162. The zero-order chi connectivity index (χ0) is 12.4. The van der Waals surface area contributed by atoms with Gasteiger partial charge in [-0.05, 0) is 19.1 Å². The van der Waals surface area contributed by atoms with Crippen molar-refractivity contribution in [1.29, 1.82) is 0 Å². The second-order valence-corrected chi connectivity index (χ2v) is 3.97. The third-order valence-electron chi connectivity index (χ3n) is 2.11. The van der Waals surface area contributed by atoms with Gasteiger partial charge in [-0.2, -0.15) is 0 Å². The molecule has 0 spiro atoms. The lowest BCUT2D eigenvalue weighted by Gasteiger charge is -2.05. The number of ether oxygens (including phenoxy) is 1. The van der Waals surface area contributed by atoms with Crippen molar-refractivity contribution < 1.29 is 9.53 Å². The highest BCUT2D eigenvalue weighted by Gasteiger charge is 2.15. The van der Waals surface area contributed by atoms with Crippen LogP contribution >= 0.6 is 35.6 Å². The van der Waals surface area contributed by atoms with Crippen LogP contribution in [0.4, 0.5) is 0 Å².